The summed E-state index contributed by atoms with van der Waals surface area (Å²) in [5.41, 5.74) is 0.621. The SMILES string of the molecule is O=C(NCCC(=O)N1CCN(c2ncccn2)CC1)Nc1ccc2c(c1)OC1(CCCC1)O2. The summed E-state index contributed by atoms with van der Waals surface area (Å²) >= 11 is 0. The fraction of sp³-hybridized carbons (Fsp3) is 0.478. The largest absolute Gasteiger partial charge is 0.448 e. The van der Waals surface area contributed by atoms with Gasteiger partial charge in [-0.15, -0.1) is 0 Å². The molecule has 174 valence electrons. The zero-order chi connectivity index (χ0) is 22.7. The highest BCUT2D eigenvalue weighted by atomic mass is 16.7. The minimum atomic E-state index is -0.525. The van der Waals surface area contributed by atoms with Gasteiger partial charge in [0, 0.05) is 76.1 Å². The highest BCUT2D eigenvalue weighted by Crippen LogP contribution is 2.47. The maximum absolute atomic E-state index is 12.5. The van der Waals surface area contributed by atoms with Crippen LogP contribution in [0.25, 0.3) is 0 Å². The number of hydrogen-bond donors (Lipinski definition) is 2. The molecule has 33 heavy (non-hydrogen) atoms. The number of rotatable bonds is 5. The molecule has 0 unspecified atom stereocenters. The molecule has 2 fully saturated rings. The third-order valence-corrected chi connectivity index (χ3v) is 6.25. The molecule has 0 radical (unpaired) electrons. The Morgan fingerprint density at radius 3 is 2.48 bits per heavy atom. The lowest BCUT2D eigenvalue weighted by Gasteiger charge is -2.34. The summed E-state index contributed by atoms with van der Waals surface area (Å²) in [4.78, 5) is 37.2. The molecule has 10 heteroatoms. The van der Waals surface area contributed by atoms with Crippen molar-refractivity contribution in [2.45, 2.75) is 37.9 Å². The average molecular weight is 453 g/mol. The predicted octanol–water partition coefficient (Wildman–Crippen LogP) is 2.38. The predicted molar refractivity (Wildman–Crippen MR) is 121 cm³/mol. The first-order chi connectivity index (χ1) is 16.1. The Morgan fingerprint density at radius 2 is 1.73 bits per heavy atom. The molecule has 3 amide bonds. The summed E-state index contributed by atoms with van der Waals surface area (Å²) in [7, 11) is 0. The van der Waals surface area contributed by atoms with Crippen LogP contribution in [0.15, 0.2) is 36.7 Å². The lowest BCUT2D eigenvalue weighted by atomic mass is 10.2. The number of piperazine rings is 1. The van der Waals surface area contributed by atoms with Crippen LogP contribution in [0.5, 0.6) is 11.5 Å². The number of carbonyl (C=O) groups excluding carboxylic acids is 2. The quantitative estimate of drug-likeness (QED) is 0.717. The molecule has 3 heterocycles. The van der Waals surface area contributed by atoms with Crippen LogP contribution in [0.2, 0.25) is 0 Å². The summed E-state index contributed by atoms with van der Waals surface area (Å²) in [6.45, 7) is 2.87. The monoisotopic (exact) mass is 452 g/mol. The third-order valence-electron chi connectivity index (χ3n) is 6.25. The molecule has 1 saturated heterocycles. The molecule has 1 spiro atoms. The molecule has 0 bridgehead atoms. The van der Waals surface area contributed by atoms with Gasteiger partial charge in [-0.25, -0.2) is 14.8 Å². The van der Waals surface area contributed by atoms with Gasteiger partial charge in [0.2, 0.25) is 11.9 Å². The van der Waals surface area contributed by atoms with Crippen molar-refractivity contribution in [3.05, 3.63) is 36.7 Å². The van der Waals surface area contributed by atoms with Crippen molar-refractivity contribution < 1.29 is 19.1 Å². The molecule has 3 aliphatic rings. The van der Waals surface area contributed by atoms with Crippen molar-refractivity contribution in [3.63, 3.8) is 0 Å². The second-order valence-electron chi connectivity index (χ2n) is 8.53. The van der Waals surface area contributed by atoms with E-state index in [0.717, 1.165) is 25.7 Å². The number of urea groups is 1. The lowest BCUT2D eigenvalue weighted by Crippen LogP contribution is -2.49. The number of fused-ring (bicyclic) bond motifs is 1. The molecule has 10 nitrogen and oxygen atoms in total. The van der Waals surface area contributed by atoms with Gasteiger partial charge >= 0.3 is 6.03 Å². The van der Waals surface area contributed by atoms with Gasteiger partial charge in [-0.1, -0.05) is 0 Å². The highest BCUT2D eigenvalue weighted by Gasteiger charge is 2.44. The Kier molecular flexibility index (Phi) is 5.89. The van der Waals surface area contributed by atoms with Crippen LogP contribution in [0, 0.1) is 0 Å². The summed E-state index contributed by atoms with van der Waals surface area (Å²) in [6.07, 6.45) is 7.63. The fourth-order valence-corrected chi connectivity index (χ4v) is 4.52. The minimum absolute atomic E-state index is 0.0221. The Hall–Kier alpha value is -3.56. The maximum Gasteiger partial charge on any atom is 0.319 e. The van der Waals surface area contributed by atoms with Gasteiger partial charge in [0.05, 0.1) is 0 Å². The molecule has 1 aromatic heterocycles. The summed E-state index contributed by atoms with van der Waals surface area (Å²) in [5.74, 6) is 1.56. The fourth-order valence-electron chi connectivity index (χ4n) is 4.52. The number of amides is 3. The molecule has 5 rings (SSSR count). The van der Waals surface area contributed by atoms with Crippen molar-refractivity contribution in [1.29, 1.82) is 0 Å². The van der Waals surface area contributed by atoms with Crippen LogP contribution in [0.1, 0.15) is 32.1 Å². The first kappa shape index (κ1) is 21.3. The number of nitrogens with zero attached hydrogens (tertiary/aromatic N) is 4. The minimum Gasteiger partial charge on any atom is -0.448 e. The van der Waals surface area contributed by atoms with Crippen molar-refractivity contribution >= 4 is 23.6 Å². The number of anilines is 2. The molecule has 2 aliphatic heterocycles. The van der Waals surface area contributed by atoms with Crippen LogP contribution in [0.4, 0.5) is 16.4 Å². The van der Waals surface area contributed by atoms with E-state index in [9.17, 15) is 9.59 Å². The van der Waals surface area contributed by atoms with Gasteiger partial charge in [-0.05, 0) is 31.0 Å². The zero-order valence-electron chi connectivity index (χ0n) is 18.5. The standard InChI is InChI=1S/C23H28N6O4/c30-20(28-12-14-29(15-13-28)21-24-9-3-10-25-21)6-11-26-22(31)27-17-4-5-18-19(16-17)33-23(32-18)7-1-2-8-23/h3-5,9-10,16H,1-2,6-8,11-15H2,(H2,26,27,31). The number of benzene rings is 1. The normalized spacial score (nSPS) is 18.4. The van der Waals surface area contributed by atoms with E-state index >= 15 is 0 Å². The lowest BCUT2D eigenvalue weighted by molar-refractivity contribution is -0.131. The Labute approximate surface area is 192 Å². The van der Waals surface area contributed by atoms with Gasteiger partial charge in [0.15, 0.2) is 11.5 Å². The first-order valence-corrected chi connectivity index (χ1v) is 11.5. The smallest absolute Gasteiger partial charge is 0.319 e. The van der Waals surface area contributed by atoms with E-state index in [4.69, 9.17) is 9.47 Å². The van der Waals surface area contributed by atoms with E-state index in [1.165, 1.54) is 0 Å². The second kappa shape index (κ2) is 9.13. The molecular formula is C23H28N6O4. The van der Waals surface area contributed by atoms with Gasteiger partial charge in [-0.3, -0.25) is 4.79 Å². The van der Waals surface area contributed by atoms with Crippen LogP contribution < -0.4 is 25.0 Å². The van der Waals surface area contributed by atoms with Crippen LogP contribution in [0.3, 0.4) is 0 Å². The van der Waals surface area contributed by atoms with E-state index in [1.54, 1.807) is 30.6 Å². The zero-order valence-corrected chi connectivity index (χ0v) is 18.5. The van der Waals surface area contributed by atoms with E-state index in [2.05, 4.69) is 25.5 Å². The van der Waals surface area contributed by atoms with Gasteiger partial charge in [0.25, 0.3) is 5.79 Å². The Balaban J connectivity index is 1.04. The first-order valence-electron chi connectivity index (χ1n) is 11.5. The second-order valence-corrected chi connectivity index (χ2v) is 8.53. The number of nitrogens with one attached hydrogen (secondary N) is 2. The summed E-state index contributed by atoms with van der Waals surface area (Å²) < 4.78 is 12.0. The van der Waals surface area contributed by atoms with Crippen molar-refractivity contribution in [2.24, 2.45) is 0 Å². The van der Waals surface area contributed by atoms with E-state index in [1.807, 2.05) is 11.0 Å². The highest BCUT2D eigenvalue weighted by molar-refractivity contribution is 5.90. The number of ether oxygens (including phenoxy) is 2. The Bertz CT molecular complexity index is 1000. The van der Waals surface area contributed by atoms with Crippen molar-refractivity contribution in [2.75, 3.05) is 42.9 Å². The average Bonchev–Trinajstić information content (AvgIpc) is 3.45. The van der Waals surface area contributed by atoms with E-state index in [0.29, 0.717) is 49.3 Å². The van der Waals surface area contributed by atoms with Gasteiger partial charge in [0.1, 0.15) is 0 Å². The number of carbonyl (C=O) groups is 2. The van der Waals surface area contributed by atoms with Gasteiger partial charge in [-0.2, -0.15) is 0 Å². The van der Waals surface area contributed by atoms with Crippen LogP contribution in [-0.2, 0) is 4.79 Å². The van der Waals surface area contributed by atoms with E-state index < -0.39 is 5.79 Å². The van der Waals surface area contributed by atoms with Crippen molar-refractivity contribution in [3.8, 4) is 11.5 Å². The molecule has 1 aliphatic carbocycles. The topological polar surface area (TPSA) is 109 Å². The maximum atomic E-state index is 12.5. The number of aromatic nitrogens is 2. The van der Waals surface area contributed by atoms with Gasteiger partial charge < -0.3 is 29.9 Å². The molecule has 2 N–H and O–H groups in total. The molecule has 1 saturated carbocycles. The number of hydrogen-bond acceptors (Lipinski definition) is 7. The van der Waals surface area contributed by atoms with Crippen LogP contribution in [-0.4, -0.2) is 65.3 Å². The molecule has 1 aromatic carbocycles. The molecule has 2 aromatic rings. The molecular weight excluding hydrogens is 424 g/mol. The van der Waals surface area contributed by atoms with Crippen molar-refractivity contribution in [1.82, 2.24) is 20.2 Å². The molecule has 0 atom stereocenters. The summed E-state index contributed by atoms with van der Waals surface area (Å²) in [5, 5.41) is 5.55. The van der Waals surface area contributed by atoms with E-state index in [-0.39, 0.29) is 24.9 Å². The third kappa shape index (κ3) is 4.79. The Morgan fingerprint density at radius 1 is 1.00 bits per heavy atom. The summed E-state index contributed by atoms with van der Waals surface area (Å²) in [6, 6.07) is 6.81. The van der Waals surface area contributed by atoms with Crippen LogP contribution >= 0.6 is 0 Å².